The van der Waals surface area contributed by atoms with Crippen molar-refractivity contribution < 1.29 is 4.74 Å². The van der Waals surface area contributed by atoms with E-state index >= 15 is 0 Å². The highest BCUT2D eigenvalue weighted by Crippen LogP contribution is 2.06. The van der Waals surface area contributed by atoms with Gasteiger partial charge in [-0.2, -0.15) is 0 Å². The molecule has 1 aromatic rings. The Bertz CT molecular complexity index is 290. The van der Waals surface area contributed by atoms with Crippen LogP contribution in [0.15, 0.2) is 42.5 Å². The summed E-state index contributed by atoms with van der Waals surface area (Å²) in [6.07, 6.45) is 6.71. The molecule has 0 aromatic heterocycles. The first-order chi connectivity index (χ1) is 7.83. The molecule has 0 heterocycles. The molecule has 0 bridgehead atoms. The maximum Gasteiger partial charge on any atom is 0.0716 e. The van der Waals surface area contributed by atoms with Gasteiger partial charge in [-0.05, 0) is 24.3 Å². The standard InChI is InChI=1S/C15H22O/c1-3-4-8-14(2)11-12-16-13-15-9-6-5-7-10-15/h4-10,14H,3,11-13H2,1-2H3. The maximum atomic E-state index is 5.64. The summed E-state index contributed by atoms with van der Waals surface area (Å²) in [6.45, 7) is 5.96. The van der Waals surface area contributed by atoms with Gasteiger partial charge in [0, 0.05) is 6.61 Å². The monoisotopic (exact) mass is 218 g/mol. The first-order valence-corrected chi connectivity index (χ1v) is 6.11. The molecule has 0 spiro atoms. The molecule has 1 atom stereocenters. The molecule has 0 N–H and O–H groups in total. The zero-order valence-electron chi connectivity index (χ0n) is 10.4. The molecule has 1 rings (SSSR count). The van der Waals surface area contributed by atoms with Crippen LogP contribution in [0.2, 0.25) is 0 Å². The normalized spacial score (nSPS) is 13.1. The van der Waals surface area contributed by atoms with E-state index in [2.05, 4.69) is 38.1 Å². The number of allylic oxidation sites excluding steroid dienone is 2. The summed E-state index contributed by atoms with van der Waals surface area (Å²) in [6, 6.07) is 10.3. The van der Waals surface area contributed by atoms with Crippen LogP contribution < -0.4 is 0 Å². The van der Waals surface area contributed by atoms with E-state index in [1.807, 2.05) is 18.2 Å². The summed E-state index contributed by atoms with van der Waals surface area (Å²) in [7, 11) is 0. The summed E-state index contributed by atoms with van der Waals surface area (Å²) >= 11 is 0. The fraction of sp³-hybridized carbons (Fsp3) is 0.467. The summed E-state index contributed by atoms with van der Waals surface area (Å²) in [5.41, 5.74) is 1.25. The molecule has 0 saturated heterocycles. The topological polar surface area (TPSA) is 9.23 Å². The molecule has 0 saturated carbocycles. The average Bonchev–Trinajstić information content (AvgIpc) is 2.33. The highest BCUT2D eigenvalue weighted by atomic mass is 16.5. The molecule has 0 radical (unpaired) electrons. The van der Waals surface area contributed by atoms with Crippen LogP contribution in [-0.4, -0.2) is 6.61 Å². The molecule has 1 nitrogen and oxygen atoms in total. The van der Waals surface area contributed by atoms with Crippen molar-refractivity contribution in [2.75, 3.05) is 6.61 Å². The highest BCUT2D eigenvalue weighted by molar-refractivity contribution is 5.13. The third-order valence-corrected chi connectivity index (χ3v) is 2.53. The first-order valence-electron chi connectivity index (χ1n) is 6.11. The number of hydrogen-bond acceptors (Lipinski definition) is 1. The molecule has 0 aliphatic rings. The van der Waals surface area contributed by atoms with Crippen LogP contribution >= 0.6 is 0 Å². The molecule has 0 fully saturated rings. The van der Waals surface area contributed by atoms with Crippen molar-refractivity contribution in [1.29, 1.82) is 0 Å². The predicted octanol–water partition coefficient (Wildman–Crippen LogP) is 4.20. The fourth-order valence-electron chi connectivity index (χ4n) is 1.50. The van der Waals surface area contributed by atoms with Crippen molar-refractivity contribution in [2.24, 2.45) is 5.92 Å². The van der Waals surface area contributed by atoms with Crippen molar-refractivity contribution >= 4 is 0 Å². The lowest BCUT2D eigenvalue weighted by molar-refractivity contribution is 0.113. The van der Waals surface area contributed by atoms with Crippen molar-refractivity contribution in [1.82, 2.24) is 0 Å². The first kappa shape index (κ1) is 13.0. The Morgan fingerprint density at radius 2 is 2.00 bits per heavy atom. The minimum atomic E-state index is 0.621. The molecular weight excluding hydrogens is 196 g/mol. The van der Waals surface area contributed by atoms with Crippen LogP contribution in [0.5, 0.6) is 0 Å². The van der Waals surface area contributed by atoms with E-state index in [4.69, 9.17) is 4.74 Å². The minimum absolute atomic E-state index is 0.621. The second-order valence-electron chi connectivity index (χ2n) is 4.14. The van der Waals surface area contributed by atoms with E-state index in [0.29, 0.717) is 5.92 Å². The van der Waals surface area contributed by atoms with Gasteiger partial charge in [-0.15, -0.1) is 0 Å². The van der Waals surface area contributed by atoms with Crippen molar-refractivity contribution in [3.05, 3.63) is 48.0 Å². The second-order valence-corrected chi connectivity index (χ2v) is 4.14. The summed E-state index contributed by atoms with van der Waals surface area (Å²) < 4.78 is 5.64. The van der Waals surface area contributed by atoms with Crippen molar-refractivity contribution in [2.45, 2.75) is 33.3 Å². The second kappa shape index (κ2) is 8.12. The Labute approximate surface area is 99.1 Å². The van der Waals surface area contributed by atoms with Crippen LogP contribution in [0.1, 0.15) is 32.3 Å². The lowest BCUT2D eigenvalue weighted by atomic mass is 10.1. The molecule has 0 aliphatic carbocycles. The zero-order valence-corrected chi connectivity index (χ0v) is 10.4. The van der Waals surface area contributed by atoms with E-state index in [1.165, 1.54) is 5.56 Å². The van der Waals surface area contributed by atoms with Gasteiger partial charge < -0.3 is 4.74 Å². The van der Waals surface area contributed by atoms with Crippen molar-refractivity contribution in [3.63, 3.8) is 0 Å². The van der Waals surface area contributed by atoms with E-state index in [9.17, 15) is 0 Å². The third-order valence-electron chi connectivity index (χ3n) is 2.53. The quantitative estimate of drug-likeness (QED) is 0.492. The van der Waals surface area contributed by atoms with Gasteiger partial charge in [-0.3, -0.25) is 0 Å². The number of rotatable bonds is 7. The molecule has 16 heavy (non-hydrogen) atoms. The molecule has 1 aromatic carbocycles. The van der Waals surface area contributed by atoms with Gasteiger partial charge >= 0.3 is 0 Å². The molecule has 88 valence electrons. The fourth-order valence-corrected chi connectivity index (χ4v) is 1.50. The van der Waals surface area contributed by atoms with Crippen LogP contribution in [-0.2, 0) is 11.3 Å². The largest absolute Gasteiger partial charge is 0.377 e. The molecular formula is C15H22O. The maximum absolute atomic E-state index is 5.64. The van der Waals surface area contributed by atoms with E-state index in [0.717, 1.165) is 26.1 Å². The van der Waals surface area contributed by atoms with Crippen LogP contribution in [0.25, 0.3) is 0 Å². The van der Waals surface area contributed by atoms with Gasteiger partial charge in [0.1, 0.15) is 0 Å². The van der Waals surface area contributed by atoms with Gasteiger partial charge in [0.05, 0.1) is 6.61 Å². The van der Waals surface area contributed by atoms with E-state index < -0.39 is 0 Å². The highest BCUT2D eigenvalue weighted by Gasteiger charge is 1.97. The lowest BCUT2D eigenvalue weighted by Crippen LogP contribution is -2.00. The predicted molar refractivity (Wildman–Crippen MR) is 69.3 cm³/mol. The van der Waals surface area contributed by atoms with Crippen LogP contribution in [0.3, 0.4) is 0 Å². The summed E-state index contributed by atoms with van der Waals surface area (Å²) in [5.74, 6) is 0.621. The summed E-state index contributed by atoms with van der Waals surface area (Å²) in [4.78, 5) is 0. The van der Waals surface area contributed by atoms with Crippen LogP contribution in [0, 0.1) is 5.92 Å². The van der Waals surface area contributed by atoms with Crippen molar-refractivity contribution in [3.8, 4) is 0 Å². The summed E-state index contributed by atoms with van der Waals surface area (Å²) in [5, 5.41) is 0. The average molecular weight is 218 g/mol. The Morgan fingerprint density at radius 1 is 1.25 bits per heavy atom. The number of benzene rings is 1. The Balaban J connectivity index is 2.10. The molecule has 0 aliphatic heterocycles. The van der Waals surface area contributed by atoms with E-state index in [-0.39, 0.29) is 0 Å². The zero-order chi connectivity index (χ0) is 11.6. The SMILES string of the molecule is CCC=CC(C)CCOCc1ccccc1. The van der Waals surface area contributed by atoms with Crippen LogP contribution in [0.4, 0.5) is 0 Å². The van der Waals surface area contributed by atoms with Gasteiger partial charge in [-0.1, -0.05) is 56.3 Å². The Hall–Kier alpha value is -1.08. The van der Waals surface area contributed by atoms with Gasteiger partial charge in [0.2, 0.25) is 0 Å². The number of hydrogen-bond donors (Lipinski definition) is 0. The molecule has 0 amide bonds. The third kappa shape index (κ3) is 5.72. The van der Waals surface area contributed by atoms with Gasteiger partial charge in [0.25, 0.3) is 0 Å². The Kier molecular flexibility index (Phi) is 6.59. The number of ether oxygens (including phenoxy) is 1. The Morgan fingerprint density at radius 3 is 2.69 bits per heavy atom. The lowest BCUT2D eigenvalue weighted by Gasteiger charge is -2.07. The van der Waals surface area contributed by atoms with Gasteiger partial charge in [0.15, 0.2) is 0 Å². The van der Waals surface area contributed by atoms with Gasteiger partial charge in [-0.25, -0.2) is 0 Å². The smallest absolute Gasteiger partial charge is 0.0716 e. The minimum Gasteiger partial charge on any atom is -0.377 e. The molecule has 1 heteroatoms. The molecule has 1 unspecified atom stereocenters. The van der Waals surface area contributed by atoms with E-state index in [1.54, 1.807) is 0 Å².